The average molecular weight is 252 g/mol. The van der Waals surface area contributed by atoms with Crippen LogP contribution in [0.1, 0.15) is 37.1 Å². The number of nitrogens with two attached hydrogens (primary N) is 1. The van der Waals surface area contributed by atoms with Crippen molar-refractivity contribution in [3.8, 4) is 0 Å². The summed E-state index contributed by atoms with van der Waals surface area (Å²) in [6.45, 7) is 2.08. The summed E-state index contributed by atoms with van der Waals surface area (Å²) in [4.78, 5) is 15.4. The van der Waals surface area contributed by atoms with Gasteiger partial charge in [-0.1, -0.05) is 6.07 Å². The minimum atomic E-state index is 0.136. The predicted octanol–water partition coefficient (Wildman–Crippen LogP) is 2.39. The van der Waals surface area contributed by atoms with Crippen LogP contribution in [0.4, 0.5) is 0 Å². The van der Waals surface area contributed by atoms with Crippen molar-refractivity contribution < 1.29 is 4.79 Å². The van der Waals surface area contributed by atoms with E-state index in [1.165, 1.54) is 4.88 Å². The maximum absolute atomic E-state index is 12.3. The Kier molecular flexibility index (Phi) is 3.84. The average Bonchev–Trinajstić information content (AvgIpc) is 2.96. The Hall–Kier alpha value is -0.870. The molecule has 0 spiro atoms. The maximum atomic E-state index is 12.3. The molecular formula is C13H20N2OS. The molecule has 0 aliphatic heterocycles. The molecular weight excluding hydrogens is 232 g/mol. The second-order valence-electron chi connectivity index (χ2n) is 4.91. The van der Waals surface area contributed by atoms with Crippen LogP contribution in [0.2, 0.25) is 0 Å². The molecule has 0 bridgehead atoms. The van der Waals surface area contributed by atoms with Gasteiger partial charge in [-0.25, -0.2) is 0 Å². The number of hydrogen-bond donors (Lipinski definition) is 1. The number of carbonyl (C=O) groups is 1. The van der Waals surface area contributed by atoms with Gasteiger partial charge in [0.15, 0.2) is 0 Å². The number of amides is 1. The quantitative estimate of drug-likeness (QED) is 0.898. The Morgan fingerprint density at radius 3 is 2.88 bits per heavy atom. The van der Waals surface area contributed by atoms with Crippen molar-refractivity contribution in [2.45, 2.75) is 38.3 Å². The fourth-order valence-corrected chi connectivity index (χ4v) is 3.27. The van der Waals surface area contributed by atoms with Gasteiger partial charge in [-0.2, -0.15) is 0 Å². The molecule has 1 aromatic heterocycles. The second-order valence-corrected chi connectivity index (χ2v) is 5.89. The predicted molar refractivity (Wildman–Crippen MR) is 70.8 cm³/mol. The van der Waals surface area contributed by atoms with E-state index in [4.69, 9.17) is 5.73 Å². The molecule has 1 saturated carbocycles. The summed E-state index contributed by atoms with van der Waals surface area (Å²) in [7, 11) is 1.90. The van der Waals surface area contributed by atoms with Crippen molar-refractivity contribution in [2.24, 2.45) is 11.7 Å². The molecule has 17 heavy (non-hydrogen) atoms. The topological polar surface area (TPSA) is 46.3 Å². The lowest BCUT2D eigenvalue weighted by Crippen LogP contribution is -2.34. The first-order valence-electron chi connectivity index (χ1n) is 6.15. The van der Waals surface area contributed by atoms with Gasteiger partial charge in [0.2, 0.25) is 5.91 Å². The van der Waals surface area contributed by atoms with Crippen molar-refractivity contribution in [3.63, 3.8) is 0 Å². The normalized spacial score (nSPS) is 25.8. The van der Waals surface area contributed by atoms with Gasteiger partial charge < -0.3 is 10.6 Å². The molecule has 3 atom stereocenters. The summed E-state index contributed by atoms with van der Waals surface area (Å²) < 4.78 is 0. The Morgan fingerprint density at radius 1 is 1.59 bits per heavy atom. The minimum absolute atomic E-state index is 0.136. The molecule has 1 fully saturated rings. The Bertz CT molecular complexity index is 377. The zero-order chi connectivity index (χ0) is 12.4. The lowest BCUT2D eigenvalue weighted by Gasteiger charge is -2.27. The Labute approximate surface area is 107 Å². The smallest absolute Gasteiger partial charge is 0.226 e. The van der Waals surface area contributed by atoms with Crippen molar-refractivity contribution >= 4 is 17.2 Å². The molecule has 0 aromatic carbocycles. The van der Waals surface area contributed by atoms with Gasteiger partial charge in [0.1, 0.15) is 0 Å². The number of carbonyl (C=O) groups excluding carboxylic acids is 1. The number of hydrogen-bond acceptors (Lipinski definition) is 3. The summed E-state index contributed by atoms with van der Waals surface area (Å²) in [5.74, 6) is 0.385. The highest BCUT2D eigenvalue weighted by Gasteiger charge is 2.31. The second kappa shape index (κ2) is 5.19. The van der Waals surface area contributed by atoms with Crippen LogP contribution in [0.25, 0.3) is 0 Å². The number of nitrogens with zero attached hydrogens (tertiary/aromatic N) is 1. The van der Waals surface area contributed by atoms with Gasteiger partial charge in [0.05, 0.1) is 6.04 Å². The van der Waals surface area contributed by atoms with Crippen molar-refractivity contribution in [1.82, 2.24) is 4.90 Å². The number of thiophene rings is 1. The van der Waals surface area contributed by atoms with E-state index in [1.807, 2.05) is 18.0 Å². The van der Waals surface area contributed by atoms with E-state index in [2.05, 4.69) is 18.4 Å². The van der Waals surface area contributed by atoms with Crippen LogP contribution in [0, 0.1) is 5.92 Å². The van der Waals surface area contributed by atoms with E-state index < -0.39 is 0 Å². The first kappa shape index (κ1) is 12.6. The van der Waals surface area contributed by atoms with E-state index in [-0.39, 0.29) is 23.9 Å². The molecule has 1 heterocycles. The highest BCUT2D eigenvalue weighted by molar-refractivity contribution is 7.10. The van der Waals surface area contributed by atoms with E-state index in [0.717, 1.165) is 19.3 Å². The van der Waals surface area contributed by atoms with Crippen molar-refractivity contribution in [1.29, 1.82) is 0 Å². The zero-order valence-corrected chi connectivity index (χ0v) is 11.2. The first-order chi connectivity index (χ1) is 8.09. The van der Waals surface area contributed by atoms with Crippen molar-refractivity contribution in [3.05, 3.63) is 22.4 Å². The molecule has 3 nitrogen and oxygen atoms in total. The summed E-state index contributed by atoms with van der Waals surface area (Å²) in [5.41, 5.74) is 5.87. The van der Waals surface area contributed by atoms with E-state index in [1.54, 1.807) is 11.3 Å². The Morgan fingerprint density at radius 2 is 2.35 bits per heavy atom. The van der Waals surface area contributed by atoms with Gasteiger partial charge in [-0.3, -0.25) is 4.79 Å². The van der Waals surface area contributed by atoms with Gasteiger partial charge >= 0.3 is 0 Å². The number of rotatable bonds is 3. The van der Waals surface area contributed by atoms with Crippen LogP contribution >= 0.6 is 11.3 Å². The van der Waals surface area contributed by atoms with E-state index in [9.17, 15) is 4.79 Å². The standard InChI is InChI=1S/C13H20N2OS/c1-9(12-4-3-7-17-12)15(2)13(16)10-5-6-11(14)8-10/h3-4,7,9-11H,5-6,8,14H2,1-2H3. The van der Waals surface area contributed by atoms with Crippen molar-refractivity contribution in [2.75, 3.05) is 7.05 Å². The molecule has 4 heteroatoms. The molecule has 3 unspecified atom stereocenters. The summed E-state index contributed by atoms with van der Waals surface area (Å²) in [6.07, 6.45) is 2.78. The van der Waals surface area contributed by atoms with E-state index in [0.29, 0.717) is 0 Å². The van der Waals surface area contributed by atoms with Crippen LogP contribution in [0.15, 0.2) is 17.5 Å². The Balaban J connectivity index is 2.00. The molecule has 1 amide bonds. The minimum Gasteiger partial charge on any atom is -0.338 e. The van der Waals surface area contributed by atoms with Crippen LogP contribution in [-0.2, 0) is 4.79 Å². The fraction of sp³-hybridized carbons (Fsp3) is 0.615. The lowest BCUT2D eigenvalue weighted by molar-refractivity contribution is -0.135. The molecule has 1 aromatic rings. The molecule has 1 aliphatic carbocycles. The summed E-state index contributed by atoms with van der Waals surface area (Å²) >= 11 is 1.70. The van der Waals surface area contributed by atoms with Gasteiger partial charge in [-0.15, -0.1) is 11.3 Å². The maximum Gasteiger partial charge on any atom is 0.226 e. The SMILES string of the molecule is CC(c1cccs1)N(C)C(=O)C1CCC(N)C1. The highest BCUT2D eigenvalue weighted by atomic mass is 32.1. The van der Waals surface area contributed by atoms with Crippen LogP contribution in [-0.4, -0.2) is 23.9 Å². The fourth-order valence-electron chi connectivity index (χ4n) is 2.44. The third-order valence-corrected chi connectivity index (χ3v) is 4.75. The van der Waals surface area contributed by atoms with Crippen LogP contribution in [0.3, 0.4) is 0 Å². The van der Waals surface area contributed by atoms with Gasteiger partial charge in [-0.05, 0) is 37.6 Å². The molecule has 1 aliphatic rings. The zero-order valence-electron chi connectivity index (χ0n) is 10.4. The summed E-state index contributed by atoms with van der Waals surface area (Å²) in [5, 5.41) is 2.05. The van der Waals surface area contributed by atoms with Crippen LogP contribution < -0.4 is 5.73 Å². The monoisotopic (exact) mass is 252 g/mol. The van der Waals surface area contributed by atoms with Gasteiger partial charge in [0, 0.05) is 23.9 Å². The van der Waals surface area contributed by atoms with Gasteiger partial charge in [0.25, 0.3) is 0 Å². The largest absolute Gasteiger partial charge is 0.338 e. The third kappa shape index (κ3) is 2.69. The summed E-state index contributed by atoms with van der Waals surface area (Å²) in [6, 6.07) is 4.49. The van der Waals surface area contributed by atoms with Crippen LogP contribution in [0.5, 0.6) is 0 Å². The first-order valence-corrected chi connectivity index (χ1v) is 7.03. The van der Waals surface area contributed by atoms with E-state index >= 15 is 0 Å². The molecule has 2 rings (SSSR count). The molecule has 94 valence electrons. The molecule has 2 N–H and O–H groups in total. The molecule has 0 saturated heterocycles. The molecule has 0 radical (unpaired) electrons. The highest BCUT2D eigenvalue weighted by Crippen LogP contribution is 2.30. The third-order valence-electron chi connectivity index (χ3n) is 3.71. The lowest BCUT2D eigenvalue weighted by atomic mass is 10.1.